The van der Waals surface area contributed by atoms with Gasteiger partial charge in [-0.2, -0.15) is 0 Å². The number of rotatable bonds is 2. The minimum atomic E-state index is 0.148. The van der Waals surface area contributed by atoms with Crippen LogP contribution >= 0.6 is 34.8 Å². The average molecular weight is 250 g/mol. The Hall–Kier alpha value is -0.170. The van der Waals surface area contributed by atoms with Gasteiger partial charge in [0.05, 0.1) is 5.03 Å². The van der Waals surface area contributed by atoms with Crippen LogP contribution in [-0.4, -0.2) is 0 Å². The summed E-state index contributed by atoms with van der Waals surface area (Å²) in [5.74, 6) is 0. The highest BCUT2D eigenvalue weighted by Gasteiger charge is 2.06. The van der Waals surface area contributed by atoms with Crippen molar-refractivity contribution < 1.29 is 0 Å². The molecule has 1 aromatic rings. The normalized spacial score (nSPS) is 10.1. The van der Waals surface area contributed by atoms with Gasteiger partial charge in [-0.15, -0.1) is 0 Å². The molecule has 0 atom stereocenters. The molecule has 1 rings (SSSR count). The molecule has 0 bridgehead atoms. The minimum Gasteiger partial charge on any atom is -0.0862 e. The fourth-order valence-corrected chi connectivity index (χ4v) is 1.62. The zero-order valence-corrected chi connectivity index (χ0v) is 10.3. The molecule has 76 valence electrons. The van der Waals surface area contributed by atoms with Crippen LogP contribution in [0.2, 0.25) is 0 Å². The Balaban J connectivity index is 3.03. The molecule has 3 heteroatoms. The zero-order chi connectivity index (χ0) is 10.7. The molecule has 0 saturated carbocycles. The first-order valence-corrected chi connectivity index (χ1v) is 5.40. The van der Waals surface area contributed by atoms with E-state index in [2.05, 4.69) is 26.0 Å². The Morgan fingerprint density at radius 1 is 1.07 bits per heavy atom. The molecule has 0 fully saturated rings. The van der Waals surface area contributed by atoms with Gasteiger partial charge in [0.1, 0.15) is 4.49 Å². The summed E-state index contributed by atoms with van der Waals surface area (Å²) in [6.45, 7) is 4.10. The molecule has 0 aliphatic heterocycles. The van der Waals surface area contributed by atoms with E-state index in [1.807, 2.05) is 6.07 Å². The maximum absolute atomic E-state index is 5.91. The largest absolute Gasteiger partial charge is 0.121 e. The number of hydrogen-bond donors (Lipinski definition) is 0. The van der Waals surface area contributed by atoms with Gasteiger partial charge >= 0.3 is 0 Å². The lowest BCUT2D eigenvalue weighted by atomic mass is 10.0. The van der Waals surface area contributed by atoms with Gasteiger partial charge in [-0.05, 0) is 30.5 Å². The molecular weight excluding hydrogens is 238 g/mol. The van der Waals surface area contributed by atoms with Crippen molar-refractivity contribution in [3.63, 3.8) is 0 Å². The van der Waals surface area contributed by atoms with Crippen molar-refractivity contribution in [1.82, 2.24) is 0 Å². The fourth-order valence-electron chi connectivity index (χ4n) is 1.35. The maximum atomic E-state index is 5.91. The number of halogens is 3. The predicted octanol–water partition coefficient (Wildman–Crippen LogP) is 4.73. The Morgan fingerprint density at radius 2 is 1.57 bits per heavy atom. The molecular formula is C11H11Cl3. The first kappa shape index (κ1) is 11.9. The molecule has 0 saturated heterocycles. The lowest BCUT2D eigenvalue weighted by Crippen LogP contribution is -1.93. The van der Waals surface area contributed by atoms with E-state index in [0.29, 0.717) is 11.5 Å². The topological polar surface area (TPSA) is 0 Å². The van der Waals surface area contributed by atoms with E-state index in [9.17, 15) is 0 Å². The Labute approximate surface area is 99.5 Å². The predicted molar refractivity (Wildman–Crippen MR) is 64.2 cm³/mol. The summed E-state index contributed by atoms with van der Waals surface area (Å²) in [6.07, 6.45) is 0.600. The van der Waals surface area contributed by atoms with E-state index in [0.717, 1.165) is 0 Å². The second kappa shape index (κ2) is 5.06. The molecule has 0 heterocycles. The Morgan fingerprint density at radius 3 is 2.00 bits per heavy atom. The van der Waals surface area contributed by atoms with E-state index in [1.54, 1.807) is 0 Å². The van der Waals surface area contributed by atoms with Crippen LogP contribution in [0.3, 0.4) is 0 Å². The average Bonchev–Trinajstić information content (AvgIpc) is 2.11. The maximum Gasteiger partial charge on any atom is 0.121 e. The number of benzene rings is 1. The minimum absolute atomic E-state index is 0.148. The van der Waals surface area contributed by atoms with Gasteiger partial charge in [-0.25, -0.2) is 0 Å². The van der Waals surface area contributed by atoms with Crippen molar-refractivity contribution in [2.24, 2.45) is 0 Å². The molecule has 0 N–H and O–H groups in total. The van der Waals surface area contributed by atoms with E-state index in [1.165, 1.54) is 16.7 Å². The van der Waals surface area contributed by atoms with Gasteiger partial charge in [0.2, 0.25) is 0 Å². The van der Waals surface area contributed by atoms with Crippen LogP contribution in [0.1, 0.15) is 16.7 Å². The van der Waals surface area contributed by atoms with E-state index >= 15 is 0 Å². The summed E-state index contributed by atoms with van der Waals surface area (Å²) < 4.78 is 0.148. The molecule has 0 aromatic heterocycles. The molecule has 0 unspecified atom stereocenters. The summed E-state index contributed by atoms with van der Waals surface area (Å²) in [5, 5.41) is 0.491. The third-order valence-corrected chi connectivity index (χ3v) is 3.15. The lowest BCUT2D eigenvalue weighted by molar-refractivity contribution is 1.15. The molecule has 0 spiro atoms. The van der Waals surface area contributed by atoms with Crippen LogP contribution < -0.4 is 0 Å². The molecule has 0 aliphatic carbocycles. The van der Waals surface area contributed by atoms with Crippen LogP contribution in [0.25, 0.3) is 0 Å². The molecule has 1 aromatic carbocycles. The second-order valence-electron chi connectivity index (χ2n) is 3.21. The van der Waals surface area contributed by atoms with E-state index < -0.39 is 0 Å². The molecule has 14 heavy (non-hydrogen) atoms. The number of allylic oxidation sites excluding steroid dienone is 1. The van der Waals surface area contributed by atoms with Crippen molar-refractivity contribution in [2.45, 2.75) is 20.3 Å². The third kappa shape index (κ3) is 2.91. The summed E-state index contributed by atoms with van der Waals surface area (Å²) >= 11 is 17.1. The van der Waals surface area contributed by atoms with Gasteiger partial charge < -0.3 is 0 Å². The van der Waals surface area contributed by atoms with Gasteiger partial charge in [0.15, 0.2) is 0 Å². The number of hydrogen-bond acceptors (Lipinski definition) is 0. The first-order chi connectivity index (χ1) is 6.52. The fraction of sp³-hybridized carbons (Fsp3) is 0.273. The summed E-state index contributed by atoms with van der Waals surface area (Å²) in [7, 11) is 0. The van der Waals surface area contributed by atoms with Gasteiger partial charge in [-0.1, -0.05) is 53.0 Å². The van der Waals surface area contributed by atoms with Crippen LogP contribution in [0.5, 0.6) is 0 Å². The zero-order valence-electron chi connectivity index (χ0n) is 8.07. The van der Waals surface area contributed by atoms with Crippen LogP contribution in [-0.2, 0) is 6.42 Å². The Bertz CT molecular complexity index is 343. The SMILES string of the molecule is Cc1cccc(C)c1CC(Cl)=C(Cl)Cl. The first-order valence-electron chi connectivity index (χ1n) is 4.27. The Kier molecular flexibility index (Phi) is 4.31. The van der Waals surface area contributed by atoms with Gasteiger partial charge in [0.25, 0.3) is 0 Å². The molecule has 0 aliphatic rings. The van der Waals surface area contributed by atoms with E-state index in [-0.39, 0.29) is 4.49 Å². The summed E-state index contributed by atoms with van der Waals surface area (Å²) in [6, 6.07) is 6.12. The monoisotopic (exact) mass is 248 g/mol. The van der Waals surface area contributed by atoms with Crippen LogP contribution in [0, 0.1) is 13.8 Å². The highest BCUT2D eigenvalue weighted by Crippen LogP contribution is 2.25. The highest BCUT2D eigenvalue weighted by atomic mass is 35.5. The summed E-state index contributed by atoms with van der Waals surface area (Å²) in [5.41, 5.74) is 3.60. The van der Waals surface area contributed by atoms with Crippen LogP contribution in [0.15, 0.2) is 27.7 Å². The van der Waals surface area contributed by atoms with E-state index in [4.69, 9.17) is 34.8 Å². The van der Waals surface area contributed by atoms with Crippen LogP contribution in [0.4, 0.5) is 0 Å². The van der Waals surface area contributed by atoms with Gasteiger partial charge in [0, 0.05) is 6.42 Å². The van der Waals surface area contributed by atoms with Crippen molar-refractivity contribution in [1.29, 1.82) is 0 Å². The molecule has 0 radical (unpaired) electrons. The standard InChI is InChI=1S/C11H11Cl3/c1-7-4-3-5-8(2)9(7)6-10(12)11(13)14/h3-5H,6H2,1-2H3. The lowest BCUT2D eigenvalue weighted by Gasteiger charge is -2.08. The van der Waals surface area contributed by atoms with Crippen molar-refractivity contribution in [3.05, 3.63) is 44.4 Å². The number of aryl methyl sites for hydroxylation is 2. The van der Waals surface area contributed by atoms with Crippen molar-refractivity contribution in [2.75, 3.05) is 0 Å². The third-order valence-electron chi connectivity index (χ3n) is 2.18. The van der Waals surface area contributed by atoms with Crippen molar-refractivity contribution in [3.8, 4) is 0 Å². The molecule has 0 amide bonds. The molecule has 0 nitrogen and oxygen atoms in total. The van der Waals surface area contributed by atoms with Crippen molar-refractivity contribution >= 4 is 34.8 Å². The quantitative estimate of drug-likeness (QED) is 0.711. The smallest absolute Gasteiger partial charge is 0.0862 e. The summed E-state index contributed by atoms with van der Waals surface area (Å²) in [4.78, 5) is 0. The highest BCUT2D eigenvalue weighted by molar-refractivity contribution is 6.59. The second-order valence-corrected chi connectivity index (χ2v) is 4.62. The van der Waals surface area contributed by atoms with Gasteiger partial charge in [-0.3, -0.25) is 0 Å².